The second-order valence-corrected chi connectivity index (χ2v) is 2.36. The number of hydrogen-bond acceptors (Lipinski definition) is 6. The zero-order chi connectivity index (χ0) is 9.72. The summed E-state index contributed by atoms with van der Waals surface area (Å²) in [7, 11) is 0. The van der Waals surface area contributed by atoms with Gasteiger partial charge in [-0.05, 0) is 0 Å². The van der Waals surface area contributed by atoms with Gasteiger partial charge < -0.3 is 30.3 Å². The van der Waals surface area contributed by atoms with Crippen LogP contribution in [0.3, 0.4) is 0 Å². The lowest BCUT2D eigenvalue weighted by Gasteiger charge is -2.22. The molecule has 4 atom stereocenters. The van der Waals surface area contributed by atoms with Gasteiger partial charge in [0, 0.05) is 0 Å². The molecule has 0 rings (SSSR count). The SMILES string of the molecule is O=CC(O)C(O)[C@H](O)C(O)CO. The minimum Gasteiger partial charge on any atom is -0.394 e. The van der Waals surface area contributed by atoms with E-state index in [0.717, 1.165) is 0 Å². The molecule has 12 heavy (non-hydrogen) atoms. The molecule has 3 unspecified atom stereocenters. The smallest absolute Gasteiger partial charge is 0.151 e. The van der Waals surface area contributed by atoms with Crippen molar-refractivity contribution in [1.82, 2.24) is 0 Å². The zero-order valence-corrected chi connectivity index (χ0v) is 6.24. The predicted molar refractivity (Wildman–Crippen MR) is 37.2 cm³/mol. The van der Waals surface area contributed by atoms with Crippen LogP contribution < -0.4 is 0 Å². The van der Waals surface area contributed by atoms with Crippen molar-refractivity contribution in [2.24, 2.45) is 0 Å². The highest BCUT2D eigenvalue weighted by atomic mass is 16.4. The monoisotopic (exact) mass is 180 g/mol. The largest absolute Gasteiger partial charge is 0.394 e. The van der Waals surface area contributed by atoms with Crippen molar-refractivity contribution in [3.63, 3.8) is 0 Å². The summed E-state index contributed by atoms with van der Waals surface area (Å²) < 4.78 is 0. The Morgan fingerprint density at radius 2 is 1.58 bits per heavy atom. The van der Waals surface area contributed by atoms with Gasteiger partial charge in [0.25, 0.3) is 0 Å². The lowest BCUT2D eigenvalue weighted by molar-refractivity contribution is -0.136. The molecule has 0 radical (unpaired) electrons. The lowest BCUT2D eigenvalue weighted by Crippen LogP contribution is -2.46. The fourth-order valence-electron chi connectivity index (χ4n) is 0.618. The first kappa shape index (κ1) is 11.5. The van der Waals surface area contributed by atoms with Crippen LogP contribution in [-0.2, 0) is 4.79 Å². The molecule has 72 valence electrons. The molecule has 6 nitrogen and oxygen atoms in total. The third-order valence-corrected chi connectivity index (χ3v) is 1.42. The van der Waals surface area contributed by atoms with Gasteiger partial charge in [0.05, 0.1) is 6.61 Å². The van der Waals surface area contributed by atoms with Crippen molar-refractivity contribution >= 4 is 6.29 Å². The van der Waals surface area contributed by atoms with Crippen LogP contribution in [0.25, 0.3) is 0 Å². The van der Waals surface area contributed by atoms with E-state index in [-0.39, 0.29) is 6.29 Å². The zero-order valence-electron chi connectivity index (χ0n) is 6.24. The maximum absolute atomic E-state index is 9.90. The first-order valence-electron chi connectivity index (χ1n) is 3.33. The molecule has 0 aliphatic heterocycles. The maximum Gasteiger partial charge on any atom is 0.151 e. The van der Waals surface area contributed by atoms with Gasteiger partial charge in [-0.1, -0.05) is 0 Å². The lowest BCUT2D eigenvalue weighted by atomic mass is 10.0. The van der Waals surface area contributed by atoms with Crippen molar-refractivity contribution in [3.8, 4) is 0 Å². The summed E-state index contributed by atoms with van der Waals surface area (Å²) in [5, 5.41) is 43.5. The van der Waals surface area contributed by atoms with Gasteiger partial charge in [-0.15, -0.1) is 0 Å². The number of hydrogen-bond donors (Lipinski definition) is 5. The Balaban J connectivity index is 4.07. The minimum atomic E-state index is -1.79. The molecule has 0 saturated carbocycles. The van der Waals surface area contributed by atoms with Crippen LogP contribution in [0.2, 0.25) is 0 Å². The molecule has 0 saturated heterocycles. The highest BCUT2D eigenvalue weighted by Crippen LogP contribution is 2.02. The molecular formula is C6H12O6. The van der Waals surface area contributed by atoms with Crippen molar-refractivity contribution in [3.05, 3.63) is 0 Å². The first-order valence-corrected chi connectivity index (χ1v) is 3.33. The molecule has 6 heteroatoms. The summed E-state index contributed by atoms with van der Waals surface area (Å²) in [5.41, 5.74) is 0. The number of rotatable bonds is 5. The van der Waals surface area contributed by atoms with E-state index in [4.69, 9.17) is 25.5 Å². The highest BCUT2D eigenvalue weighted by molar-refractivity contribution is 5.56. The predicted octanol–water partition coefficient (Wildman–Crippen LogP) is -3.38. The normalized spacial score (nSPS) is 21.1. The molecule has 0 aromatic rings. The van der Waals surface area contributed by atoms with Gasteiger partial charge in [0.15, 0.2) is 6.29 Å². The molecule has 0 bridgehead atoms. The Kier molecular flexibility index (Phi) is 4.95. The molecule has 0 spiro atoms. The van der Waals surface area contributed by atoms with Crippen molar-refractivity contribution in [2.45, 2.75) is 24.4 Å². The third-order valence-electron chi connectivity index (χ3n) is 1.42. The van der Waals surface area contributed by atoms with E-state index in [0.29, 0.717) is 0 Å². The standard InChI is InChI=1S/C6H12O6/c7-1-3(9)5(11)6(12)4(10)2-8/h1,3-6,8-12H,2H2/t3?,4?,5?,6-/m1/s1. The van der Waals surface area contributed by atoms with Crippen LogP contribution in [0.15, 0.2) is 0 Å². The molecule has 0 fully saturated rings. The topological polar surface area (TPSA) is 118 Å². The molecule has 0 aliphatic carbocycles. The van der Waals surface area contributed by atoms with Crippen LogP contribution in [0.5, 0.6) is 0 Å². The summed E-state index contributed by atoms with van der Waals surface area (Å²) >= 11 is 0. The Morgan fingerprint density at radius 1 is 1.08 bits per heavy atom. The summed E-state index contributed by atoms with van der Waals surface area (Å²) in [6, 6.07) is 0. The number of aliphatic hydroxyl groups is 5. The Hall–Kier alpha value is -0.530. The second-order valence-electron chi connectivity index (χ2n) is 2.36. The molecule has 0 amide bonds. The van der Waals surface area contributed by atoms with Gasteiger partial charge in [-0.25, -0.2) is 0 Å². The fraction of sp³-hybridized carbons (Fsp3) is 0.833. The quantitative estimate of drug-likeness (QED) is 0.282. The third kappa shape index (κ3) is 2.84. The molecule has 5 N–H and O–H groups in total. The first-order chi connectivity index (χ1) is 5.54. The van der Waals surface area contributed by atoms with Crippen LogP contribution in [0.1, 0.15) is 0 Å². The van der Waals surface area contributed by atoms with Crippen LogP contribution >= 0.6 is 0 Å². The average molecular weight is 180 g/mol. The fourth-order valence-corrected chi connectivity index (χ4v) is 0.618. The van der Waals surface area contributed by atoms with E-state index in [2.05, 4.69) is 0 Å². The van der Waals surface area contributed by atoms with Gasteiger partial charge >= 0.3 is 0 Å². The minimum absolute atomic E-state index is 0.0258. The maximum atomic E-state index is 9.90. The highest BCUT2D eigenvalue weighted by Gasteiger charge is 2.29. The van der Waals surface area contributed by atoms with Crippen LogP contribution in [0.4, 0.5) is 0 Å². The van der Waals surface area contributed by atoms with E-state index in [1.165, 1.54) is 0 Å². The second kappa shape index (κ2) is 5.18. The summed E-state index contributed by atoms with van der Waals surface area (Å²) in [4.78, 5) is 9.90. The van der Waals surface area contributed by atoms with E-state index in [1.807, 2.05) is 0 Å². The van der Waals surface area contributed by atoms with E-state index < -0.39 is 31.0 Å². The average Bonchev–Trinajstić information content (AvgIpc) is 2.12. The number of aldehydes is 1. The number of carbonyl (C=O) groups is 1. The summed E-state index contributed by atoms with van der Waals surface area (Å²) in [6.07, 6.45) is -6.84. The van der Waals surface area contributed by atoms with E-state index >= 15 is 0 Å². The molecule has 0 aliphatic rings. The molecule has 0 aromatic heterocycles. The van der Waals surface area contributed by atoms with Crippen LogP contribution in [0, 0.1) is 0 Å². The molecular weight excluding hydrogens is 168 g/mol. The van der Waals surface area contributed by atoms with Gasteiger partial charge in [-0.3, -0.25) is 0 Å². The molecule has 0 aromatic carbocycles. The summed E-state index contributed by atoms with van der Waals surface area (Å²) in [6.45, 7) is -0.760. The van der Waals surface area contributed by atoms with E-state index in [1.54, 1.807) is 0 Å². The number of carbonyl (C=O) groups excluding carboxylic acids is 1. The van der Waals surface area contributed by atoms with Gasteiger partial charge in [0.2, 0.25) is 0 Å². The molecule has 0 heterocycles. The van der Waals surface area contributed by atoms with Crippen molar-refractivity contribution in [2.75, 3.05) is 6.61 Å². The Bertz CT molecular complexity index is 138. The van der Waals surface area contributed by atoms with Crippen molar-refractivity contribution < 1.29 is 30.3 Å². The number of aliphatic hydroxyl groups excluding tert-OH is 5. The van der Waals surface area contributed by atoms with E-state index in [9.17, 15) is 4.79 Å². The van der Waals surface area contributed by atoms with Gasteiger partial charge in [0.1, 0.15) is 24.4 Å². The van der Waals surface area contributed by atoms with Crippen LogP contribution in [-0.4, -0.2) is 62.8 Å². The summed E-state index contributed by atoms with van der Waals surface area (Å²) in [5.74, 6) is 0. The van der Waals surface area contributed by atoms with Crippen molar-refractivity contribution in [1.29, 1.82) is 0 Å². The Labute approximate surface area is 68.7 Å². The van der Waals surface area contributed by atoms with Gasteiger partial charge in [-0.2, -0.15) is 0 Å². The Morgan fingerprint density at radius 3 is 1.92 bits per heavy atom.